The third-order valence-corrected chi connectivity index (χ3v) is 6.93. The van der Waals surface area contributed by atoms with Crippen LogP contribution in [0.25, 0.3) is 0 Å². The second-order valence-corrected chi connectivity index (χ2v) is 8.57. The molecule has 0 fully saturated rings. The normalized spacial score (nSPS) is 12.1. The van der Waals surface area contributed by atoms with E-state index in [1.165, 1.54) is 0 Å². The van der Waals surface area contributed by atoms with Crippen molar-refractivity contribution in [3.05, 3.63) is 132 Å². The molecule has 0 amide bonds. The van der Waals surface area contributed by atoms with Crippen LogP contribution in [0.1, 0.15) is 16.7 Å². The van der Waals surface area contributed by atoms with Crippen molar-refractivity contribution in [2.45, 2.75) is 10.8 Å². The zero-order valence-electron chi connectivity index (χ0n) is 17.5. The number of pyridine rings is 1. The zero-order valence-corrected chi connectivity index (χ0v) is 18.3. The maximum Gasteiger partial charge on any atom is 0.327 e. The van der Waals surface area contributed by atoms with Crippen molar-refractivity contribution in [1.82, 2.24) is 4.98 Å². The molecule has 0 aliphatic rings. The second-order valence-electron chi connectivity index (χ2n) is 7.34. The molecule has 1 atom stereocenters. The van der Waals surface area contributed by atoms with Gasteiger partial charge in [0, 0.05) is 11.9 Å². The molecule has 0 unspecified atom stereocenters. The third-order valence-electron chi connectivity index (χ3n) is 5.29. The van der Waals surface area contributed by atoms with E-state index in [-0.39, 0.29) is 0 Å². The lowest BCUT2D eigenvalue weighted by Gasteiger charge is -2.36. The Bertz CT molecular complexity index is 1030. The Morgan fingerprint density at radius 3 is 1.66 bits per heavy atom. The first kappa shape index (κ1) is 21.7. The van der Waals surface area contributed by atoms with Gasteiger partial charge in [-0.3, -0.25) is 0 Å². The fourth-order valence-electron chi connectivity index (χ4n) is 3.78. The van der Waals surface area contributed by atoms with Crippen molar-refractivity contribution < 1.29 is 9.90 Å². The highest BCUT2D eigenvalue weighted by Gasteiger charge is 2.38. The van der Waals surface area contributed by atoms with Crippen LogP contribution in [0.5, 0.6) is 0 Å². The summed E-state index contributed by atoms with van der Waals surface area (Å²) in [5.41, 5.74) is 3.30. The molecular weight excluding hydrogens is 416 g/mol. The van der Waals surface area contributed by atoms with Crippen LogP contribution < -0.4 is 5.32 Å². The number of hydrogen-bond donors (Lipinski definition) is 2. The Balaban J connectivity index is 1.78. The number of nitrogens with zero attached hydrogens (tertiary/aromatic N) is 1. The van der Waals surface area contributed by atoms with E-state index in [2.05, 4.69) is 46.7 Å². The van der Waals surface area contributed by atoms with Crippen molar-refractivity contribution in [3.63, 3.8) is 0 Å². The average Bonchev–Trinajstić information content (AvgIpc) is 2.86. The third kappa shape index (κ3) is 4.68. The summed E-state index contributed by atoms with van der Waals surface area (Å²) in [4.78, 5) is 16.4. The molecule has 3 aromatic carbocycles. The molecule has 0 bridgehead atoms. The van der Waals surface area contributed by atoms with Gasteiger partial charge in [-0.05, 0) is 28.8 Å². The molecule has 1 aromatic heterocycles. The number of hydrogen-bond acceptors (Lipinski definition) is 4. The quantitative estimate of drug-likeness (QED) is 0.328. The minimum absolute atomic E-state index is 0.338. The molecule has 4 rings (SSSR count). The van der Waals surface area contributed by atoms with E-state index in [1.807, 2.05) is 60.7 Å². The molecule has 0 saturated heterocycles. The van der Waals surface area contributed by atoms with E-state index in [0.717, 1.165) is 16.7 Å². The monoisotopic (exact) mass is 440 g/mol. The number of anilines is 1. The van der Waals surface area contributed by atoms with E-state index >= 15 is 0 Å². The van der Waals surface area contributed by atoms with Crippen molar-refractivity contribution in [3.8, 4) is 0 Å². The number of aromatic nitrogens is 1. The summed E-state index contributed by atoms with van der Waals surface area (Å²) in [7, 11) is 0. The first-order valence-corrected chi connectivity index (χ1v) is 11.4. The van der Waals surface area contributed by atoms with E-state index in [4.69, 9.17) is 0 Å². The number of carboxylic acids is 1. The van der Waals surface area contributed by atoms with Gasteiger partial charge >= 0.3 is 5.97 Å². The molecule has 0 radical (unpaired) electrons. The fourth-order valence-corrected chi connectivity index (χ4v) is 5.33. The van der Waals surface area contributed by atoms with Gasteiger partial charge in [0.1, 0.15) is 11.9 Å². The summed E-state index contributed by atoms with van der Waals surface area (Å²) in [6.07, 6.45) is 1.65. The highest BCUT2D eigenvalue weighted by molar-refractivity contribution is 8.00. The van der Waals surface area contributed by atoms with Gasteiger partial charge in [-0.1, -0.05) is 97.1 Å². The summed E-state index contributed by atoms with van der Waals surface area (Å²) in [6, 6.07) is 35.4. The van der Waals surface area contributed by atoms with Crippen LogP contribution in [-0.2, 0) is 9.54 Å². The van der Waals surface area contributed by atoms with Gasteiger partial charge in [0.15, 0.2) is 0 Å². The van der Waals surface area contributed by atoms with Crippen LogP contribution in [0.3, 0.4) is 0 Å². The summed E-state index contributed by atoms with van der Waals surface area (Å²) >= 11 is 1.61. The molecule has 5 heteroatoms. The lowest BCUT2D eigenvalue weighted by atomic mass is 9.84. The van der Waals surface area contributed by atoms with Crippen LogP contribution >= 0.6 is 11.8 Å². The standard InChI is InChI=1S/C27H24N2O2S/c30-26(31)24(29-25-18-10-11-19-28-25)20-32-27(21-12-4-1-5-13-21,22-14-6-2-7-15-22)23-16-8-3-9-17-23/h1-19,24H,20H2,(H,28,29)(H,30,31)/t24-/m1/s1. The van der Waals surface area contributed by atoms with Crippen LogP contribution in [0.4, 0.5) is 5.82 Å². The smallest absolute Gasteiger partial charge is 0.327 e. The summed E-state index contributed by atoms with van der Waals surface area (Å²) in [6.45, 7) is 0. The first-order valence-electron chi connectivity index (χ1n) is 10.4. The van der Waals surface area contributed by atoms with Gasteiger partial charge in [-0.15, -0.1) is 11.8 Å². The highest BCUT2D eigenvalue weighted by Crippen LogP contribution is 2.48. The Labute approximate surface area is 192 Å². The molecule has 32 heavy (non-hydrogen) atoms. The van der Waals surface area contributed by atoms with Gasteiger partial charge in [-0.25, -0.2) is 9.78 Å². The molecule has 2 N–H and O–H groups in total. The topological polar surface area (TPSA) is 62.2 Å². The Morgan fingerprint density at radius 2 is 1.25 bits per heavy atom. The zero-order chi connectivity index (χ0) is 22.2. The summed E-state index contributed by atoms with van der Waals surface area (Å²) in [5, 5.41) is 13.0. The van der Waals surface area contributed by atoms with Gasteiger partial charge < -0.3 is 10.4 Å². The number of benzene rings is 3. The van der Waals surface area contributed by atoms with Gasteiger partial charge in [0.25, 0.3) is 0 Å². The number of aliphatic carboxylic acids is 1. The molecular formula is C27H24N2O2S. The number of carboxylic acid groups (broad SMARTS) is 1. The van der Waals surface area contributed by atoms with Crippen molar-refractivity contribution in [2.24, 2.45) is 0 Å². The van der Waals surface area contributed by atoms with Crippen LogP contribution in [-0.4, -0.2) is 27.9 Å². The lowest BCUT2D eigenvalue weighted by Crippen LogP contribution is -2.35. The van der Waals surface area contributed by atoms with E-state index in [0.29, 0.717) is 11.6 Å². The van der Waals surface area contributed by atoms with Gasteiger partial charge in [0.05, 0.1) is 4.75 Å². The molecule has 4 aromatic rings. The molecule has 1 heterocycles. The number of rotatable bonds is 9. The maximum absolute atomic E-state index is 12.1. The maximum atomic E-state index is 12.1. The summed E-state index contributed by atoms with van der Waals surface area (Å²) < 4.78 is -0.566. The summed E-state index contributed by atoms with van der Waals surface area (Å²) in [5.74, 6) is -0.0265. The van der Waals surface area contributed by atoms with Gasteiger partial charge in [0.2, 0.25) is 0 Å². The minimum Gasteiger partial charge on any atom is -0.480 e. The van der Waals surface area contributed by atoms with Gasteiger partial charge in [-0.2, -0.15) is 0 Å². The number of nitrogens with one attached hydrogen (secondary N) is 1. The molecule has 0 aliphatic heterocycles. The molecule has 0 spiro atoms. The van der Waals surface area contributed by atoms with Crippen molar-refractivity contribution in [2.75, 3.05) is 11.1 Å². The van der Waals surface area contributed by atoms with E-state index in [1.54, 1.807) is 30.1 Å². The predicted molar refractivity (Wildman–Crippen MR) is 131 cm³/mol. The number of carbonyl (C=O) groups is 1. The Kier molecular flexibility index (Phi) is 6.87. The fraction of sp³-hybridized carbons (Fsp3) is 0.111. The Hall–Kier alpha value is -3.57. The van der Waals surface area contributed by atoms with Crippen LogP contribution in [0.15, 0.2) is 115 Å². The Morgan fingerprint density at radius 1 is 0.781 bits per heavy atom. The SMILES string of the molecule is O=C(O)[C@@H](CSC(c1ccccc1)(c1ccccc1)c1ccccc1)Nc1ccccn1. The lowest BCUT2D eigenvalue weighted by molar-refractivity contribution is -0.137. The largest absolute Gasteiger partial charge is 0.480 e. The second kappa shape index (κ2) is 10.2. The number of thioether (sulfide) groups is 1. The average molecular weight is 441 g/mol. The highest BCUT2D eigenvalue weighted by atomic mass is 32.2. The predicted octanol–water partition coefficient (Wildman–Crippen LogP) is 5.67. The minimum atomic E-state index is -0.911. The first-order chi connectivity index (χ1) is 15.7. The van der Waals surface area contributed by atoms with Crippen molar-refractivity contribution in [1.29, 1.82) is 0 Å². The van der Waals surface area contributed by atoms with Crippen LogP contribution in [0, 0.1) is 0 Å². The molecule has 0 aliphatic carbocycles. The van der Waals surface area contributed by atoms with E-state index < -0.39 is 16.8 Å². The van der Waals surface area contributed by atoms with Crippen LogP contribution in [0.2, 0.25) is 0 Å². The van der Waals surface area contributed by atoms with Crippen molar-refractivity contribution >= 4 is 23.5 Å². The van der Waals surface area contributed by atoms with E-state index in [9.17, 15) is 9.90 Å². The molecule has 160 valence electrons. The molecule has 4 nitrogen and oxygen atoms in total. The molecule has 0 saturated carbocycles.